The van der Waals surface area contributed by atoms with Crippen LogP contribution in [0.2, 0.25) is 0 Å². The predicted octanol–water partition coefficient (Wildman–Crippen LogP) is 5.59. The molecule has 0 saturated heterocycles. The maximum Gasteiger partial charge on any atom is 0.411 e. The molecule has 0 radical (unpaired) electrons. The summed E-state index contributed by atoms with van der Waals surface area (Å²) >= 11 is 2.02. The number of benzene rings is 3. The van der Waals surface area contributed by atoms with Gasteiger partial charge >= 0.3 is 12.1 Å². The molecule has 0 bridgehead atoms. The average Bonchev–Trinajstić information content (AvgIpc) is 3.16. The molecule has 0 saturated carbocycles. The zero-order valence-electron chi connectivity index (χ0n) is 19.5. The van der Waals surface area contributed by atoms with Crippen LogP contribution in [0.15, 0.2) is 66.7 Å². The Kier molecular flexibility index (Phi) is 6.84. The normalized spacial score (nSPS) is 12.5. The zero-order valence-corrected chi connectivity index (χ0v) is 21.7. The van der Waals surface area contributed by atoms with Crippen molar-refractivity contribution >= 4 is 46.2 Å². The number of aliphatic carboxylic acids is 1. The van der Waals surface area contributed by atoms with E-state index in [0.29, 0.717) is 14.8 Å². The lowest BCUT2D eigenvalue weighted by molar-refractivity contribution is -0.147. The van der Waals surface area contributed by atoms with Gasteiger partial charge in [0.1, 0.15) is 12.1 Å². The first-order valence-corrected chi connectivity index (χ1v) is 12.1. The average molecular weight is 584 g/mol. The van der Waals surface area contributed by atoms with E-state index >= 15 is 0 Å². The number of fused-ring (bicyclic) bond motifs is 3. The van der Waals surface area contributed by atoms with Crippen molar-refractivity contribution < 1.29 is 24.2 Å². The van der Waals surface area contributed by atoms with Crippen LogP contribution in [0, 0.1) is 3.57 Å². The number of carbonyl (C=O) groups excluding carboxylic acids is 2. The lowest BCUT2D eigenvalue weighted by atomic mass is 9.98. The minimum Gasteiger partial charge on any atom is -0.480 e. The van der Waals surface area contributed by atoms with E-state index in [0.717, 1.165) is 22.3 Å². The Hall–Kier alpha value is -3.40. The van der Waals surface area contributed by atoms with Crippen molar-refractivity contribution in [2.45, 2.75) is 25.3 Å². The van der Waals surface area contributed by atoms with Crippen LogP contribution in [0.4, 0.5) is 10.5 Å². The zero-order chi connectivity index (χ0) is 25.3. The Morgan fingerprint density at radius 2 is 1.57 bits per heavy atom. The number of carboxylic acids is 1. The largest absolute Gasteiger partial charge is 0.480 e. The molecule has 0 aromatic heterocycles. The number of halogens is 1. The molecule has 0 heterocycles. The van der Waals surface area contributed by atoms with E-state index in [4.69, 9.17) is 4.74 Å². The summed E-state index contributed by atoms with van der Waals surface area (Å²) in [6, 6.07) is 21.0. The van der Waals surface area contributed by atoms with Crippen molar-refractivity contribution in [3.05, 3.63) is 87.0 Å². The third-order valence-electron chi connectivity index (χ3n) is 6.46. The molecule has 1 aliphatic rings. The van der Waals surface area contributed by atoms with Gasteiger partial charge in [0, 0.05) is 22.1 Å². The van der Waals surface area contributed by atoms with E-state index in [9.17, 15) is 19.5 Å². The first-order valence-electron chi connectivity index (χ1n) is 11.0. The van der Waals surface area contributed by atoms with Crippen molar-refractivity contribution in [3.63, 3.8) is 0 Å². The topological polar surface area (TPSA) is 95.9 Å². The molecule has 0 fully saturated rings. The minimum atomic E-state index is -1.36. The van der Waals surface area contributed by atoms with Gasteiger partial charge in [0.25, 0.3) is 5.91 Å². The van der Waals surface area contributed by atoms with E-state index in [1.165, 1.54) is 25.8 Å². The third-order valence-corrected chi connectivity index (χ3v) is 7.36. The van der Waals surface area contributed by atoms with E-state index in [1.54, 1.807) is 18.2 Å². The van der Waals surface area contributed by atoms with Gasteiger partial charge in [-0.2, -0.15) is 0 Å². The summed E-state index contributed by atoms with van der Waals surface area (Å²) < 4.78 is 6.22. The Bertz CT molecular complexity index is 1270. The molecule has 3 aromatic carbocycles. The number of nitrogens with one attached hydrogen (secondary N) is 1. The molecule has 0 spiro atoms. The fourth-order valence-electron chi connectivity index (χ4n) is 4.08. The first kappa shape index (κ1) is 24.7. The van der Waals surface area contributed by atoms with Crippen molar-refractivity contribution in [1.29, 1.82) is 0 Å². The van der Waals surface area contributed by atoms with Gasteiger partial charge in [0.2, 0.25) is 0 Å². The molecule has 2 amide bonds. The lowest BCUT2D eigenvalue weighted by Crippen LogP contribution is -2.50. The Morgan fingerprint density at radius 3 is 2.11 bits per heavy atom. The summed E-state index contributed by atoms with van der Waals surface area (Å²) in [5.74, 6) is -1.57. The lowest BCUT2D eigenvalue weighted by Gasteiger charge is -2.31. The number of rotatable bonds is 6. The molecule has 0 unspecified atom stereocenters. The molecule has 180 valence electrons. The van der Waals surface area contributed by atoms with Crippen LogP contribution in [0.5, 0.6) is 0 Å². The van der Waals surface area contributed by atoms with E-state index < -0.39 is 23.5 Å². The molecule has 0 aliphatic heterocycles. The predicted molar refractivity (Wildman–Crippen MR) is 142 cm³/mol. The molecule has 0 atom stereocenters. The van der Waals surface area contributed by atoms with Crippen LogP contribution in [0.3, 0.4) is 0 Å². The van der Waals surface area contributed by atoms with Crippen molar-refractivity contribution in [3.8, 4) is 11.1 Å². The molecular formula is C27H25IN2O5. The highest BCUT2D eigenvalue weighted by Crippen LogP contribution is 2.44. The van der Waals surface area contributed by atoms with Crippen LogP contribution in [0.1, 0.15) is 41.3 Å². The third kappa shape index (κ3) is 4.75. The SMILES string of the molecule is CN(C(=O)c1ccc(NC(=O)OCC2c3ccccc3-c3ccccc32)c(I)c1)C(C)(C)C(=O)O. The van der Waals surface area contributed by atoms with Crippen molar-refractivity contribution in [2.75, 3.05) is 19.0 Å². The second-order valence-corrected chi connectivity index (χ2v) is 10.0. The molecule has 4 rings (SSSR count). The van der Waals surface area contributed by atoms with Gasteiger partial charge < -0.3 is 14.7 Å². The smallest absolute Gasteiger partial charge is 0.411 e. The summed E-state index contributed by atoms with van der Waals surface area (Å²) in [6.07, 6.45) is -0.590. The van der Waals surface area contributed by atoms with E-state index in [-0.39, 0.29) is 12.5 Å². The number of nitrogens with zero attached hydrogens (tertiary/aromatic N) is 1. The number of ether oxygens (including phenoxy) is 1. The first-order chi connectivity index (χ1) is 16.6. The van der Waals surface area contributed by atoms with Crippen molar-refractivity contribution in [1.82, 2.24) is 4.90 Å². The van der Waals surface area contributed by atoms with Gasteiger partial charge in [-0.3, -0.25) is 10.1 Å². The highest BCUT2D eigenvalue weighted by molar-refractivity contribution is 14.1. The highest BCUT2D eigenvalue weighted by atomic mass is 127. The number of likely N-dealkylation sites (N-methyl/N-ethyl adjacent to an activating group) is 1. The van der Waals surface area contributed by atoms with Gasteiger partial charge in [-0.25, -0.2) is 9.59 Å². The van der Waals surface area contributed by atoms with Crippen LogP contribution >= 0.6 is 22.6 Å². The second kappa shape index (κ2) is 9.69. The summed E-state index contributed by atoms with van der Waals surface area (Å²) in [5.41, 5.74) is 4.04. The van der Waals surface area contributed by atoms with Gasteiger partial charge in [0.15, 0.2) is 0 Å². The Labute approximate surface area is 217 Å². The molecular weight excluding hydrogens is 559 g/mol. The number of hydrogen-bond donors (Lipinski definition) is 2. The van der Waals surface area contributed by atoms with Crippen LogP contribution in [0.25, 0.3) is 11.1 Å². The number of hydrogen-bond acceptors (Lipinski definition) is 4. The Morgan fingerprint density at radius 1 is 1.00 bits per heavy atom. The van der Waals surface area contributed by atoms with Crippen LogP contribution in [-0.2, 0) is 9.53 Å². The van der Waals surface area contributed by atoms with E-state index in [2.05, 4.69) is 29.6 Å². The standard InChI is InChI=1S/C27H25IN2O5/c1-27(2,25(32)33)30(3)24(31)16-12-13-23(22(28)14-16)29-26(34)35-15-21-19-10-6-4-8-17(19)18-9-5-7-11-20(18)21/h4-14,21H,15H2,1-3H3,(H,29,34)(H,32,33). The number of carbonyl (C=O) groups is 3. The summed E-state index contributed by atoms with van der Waals surface area (Å²) in [7, 11) is 1.45. The van der Waals surface area contributed by atoms with Gasteiger partial charge in [-0.05, 0) is 76.9 Å². The molecule has 35 heavy (non-hydrogen) atoms. The Balaban J connectivity index is 1.43. The van der Waals surface area contributed by atoms with Gasteiger partial charge in [0.05, 0.1) is 5.69 Å². The summed E-state index contributed by atoms with van der Waals surface area (Å²) in [6.45, 7) is 3.12. The van der Waals surface area contributed by atoms with Gasteiger partial charge in [-0.1, -0.05) is 48.5 Å². The quantitative estimate of drug-likeness (QED) is 0.369. The number of amides is 2. The molecule has 2 N–H and O–H groups in total. The molecule has 1 aliphatic carbocycles. The second-order valence-electron chi connectivity index (χ2n) is 8.87. The maximum atomic E-state index is 12.8. The number of carboxylic acid groups (broad SMARTS) is 1. The number of anilines is 1. The fourth-order valence-corrected chi connectivity index (χ4v) is 4.74. The van der Waals surface area contributed by atoms with Crippen LogP contribution in [-0.4, -0.2) is 47.2 Å². The van der Waals surface area contributed by atoms with E-state index in [1.807, 2.05) is 46.9 Å². The van der Waals surface area contributed by atoms with Crippen LogP contribution < -0.4 is 5.32 Å². The molecule has 7 nitrogen and oxygen atoms in total. The molecule has 8 heteroatoms. The summed E-state index contributed by atoms with van der Waals surface area (Å²) in [5, 5.41) is 12.1. The summed E-state index contributed by atoms with van der Waals surface area (Å²) in [4.78, 5) is 38.0. The fraction of sp³-hybridized carbons (Fsp3) is 0.222. The molecule has 3 aromatic rings. The monoisotopic (exact) mass is 584 g/mol. The highest BCUT2D eigenvalue weighted by Gasteiger charge is 2.35. The maximum absolute atomic E-state index is 12.8. The van der Waals surface area contributed by atoms with Gasteiger partial charge in [-0.15, -0.1) is 0 Å². The minimum absolute atomic E-state index is 0.0413. The van der Waals surface area contributed by atoms with Crippen molar-refractivity contribution in [2.24, 2.45) is 0 Å².